The van der Waals surface area contributed by atoms with Crippen LogP contribution in [-0.2, 0) is 42.8 Å². The molecule has 18 atom stereocenters. The highest BCUT2D eigenvalue weighted by Gasteiger charge is 2.60. The number of ether oxygens (including phenoxy) is 6. The number of amides is 2. The third-order valence-electron chi connectivity index (χ3n) is 18.0. The number of carbonyl (C=O) groups excluding carboxylic acids is 2. The van der Waals surface area contributed by atoms with Crippen LogP contribution in [0.4, 0.5) is 0 Å². The van der Waals surface area contributed by atoms with E-state index in [1.165, 1.54) is 77.0 Å². The summed E-state index contributed by atoms with van der Waals surface area (Å²) in [5.74, 6) is -6.18. The first-order valence-electron chi connectivity index (χ1n) is 34.8. The molecule has 3 heterocycles. The van der Waals surface area contributed by atoms with Gasteiger partial charge in [-0.15, -0.1) is 0 Å². The van der Waals surface area contributed by atoms with E-state index in [4.69, 9.17) is 28.4 Å². The summed E-state index contributed by atoms with van der Waals surface area (Å²) < 4.78 is 35.3. The zero-order valence-corrected chi connectivity index (χ0v) is 55.5. The van der Waals surface area contributed by atoms with Crippen LogP contribution >= 0.6 is 0 Å². The summed E-state index contributed by atoms with van der Waals surface area (Å²) in [5.41, 5.74) is 1.65. The molecule has 2 unspecified atom stereocenters. The number of nitrogens with one attached hydrogen (secondary N) is 2. The molecule has 1 aromatic carbocycles. The quantitative estimate of drug-likeness (QED) is 0.0383. The van der Waals surface area contributed by atoms with Gasteiger partial charge >= 0.3 is 5.97 Å². The maximum absolute atomic E-state index is 14.0. The van der Waals surface area contributed by atoms with E-state index in [1.54, 1.807) is 6.08 Å². The standard InChI is InChI=1S/C68H119N3O21/c1-5-8-11-14-17-18-19-20-21-22-23-24-25-26-32-37-55(79)70-48(50(76)40-49(47-35-30-29-31-36-47)71(38-33-27-15-12-9-6-2)39-34-28-16-13-10-7-3)45-87-65-60(83)59(82)62(54(44-74)89-65)90-66-61(84)64(58(81)53(43-73)88-66)92-68(67(85)86)41-51(77)56(69-46(4)75)63(91-68)57(80)52(78)42-72/h29-31,35-36,40,48,50-54,56-66,72-74,76-78,80-84H,5-28,32-34,37-39,41-45H2,1-4H3,(H,69,75)(H,70,79)(H,85,86)/b49-40-/t48-,50+,51-,52+,53+,54+,56+,57?,58-,59+,60+,61+,62+,63+,64-,65+,66-,68?/m0/s1. The molecule has 14 N–H and O–H groups in total. The Hall–Kier alpha value is -3.51. The van der Waals surface area contributed by atoms with Crippen molar-refractivity contribution in [3.8, 4) is 0 Å². The number of hydrogen-bond donors (Lipinski definition) is 14. The fourth-order valence-electron chi connectivity index (χ4n) is 12.4. The molecule has 24 nitrogen and oxygen atoms in total. The number of carboxylic acids is 1. The molecule has 0 spiro atoms. The highest BCUT2D eigenvalue weighted by molar-refractivity contribution is 5.77. The van der Waals surface area contributed by atoms with Crippen molar-refractivity contribution in [2.45, 2.75) is 324 Å². The molecular weight excluding hydrogens is 1190 g/mol. The molecule has 4 rings (SSSR count). The van der Waals surface area contributed by atoms with Gasteiger partial charge in [0.15, 0.2) is 12.6 Å². The van der Waals surface area contributed by atoms with Crippen molar-refractivity contribution >= 4 is 23.5 Å². The molecule has 24 heteroatoms. The summed E-state index contributed by atoms with van der Waals surface area (Å²) >= 11 is 0. The summed E-state index contributed by atoms with van der Waals surface area (Å²) in [6.45, 7) is 5.65. The number of unbranched alkanes of at least 4 members (excludes halogenated alkanes) is 24. The summed E-state index contributed by atoms with van der Waals surface area (Å²) in [7, 11) is 0. The Bertz CT molecular complexity index is 2150. The van der Waals surface area contributed by atoms with Crippen molar-refractivity contribution in [1.82, 2.24) is 15.5 Å². The first-order chi connectivity index (χ1) is 44.3. The number of carbonyl (C=O) groups is 3. The molecule has 0 bridgehead atoms. The normalized spacial score (nSPS) is 28.3. The van der Waals surface area contributed by atoms with Crippen LogP contribution in [0.25, 0.3) is 5.70 Å². The average molecular weight is 1310 g/mol. The molecule has 0 radical (unpaired) electrons. The van der Waals surface area contributed by atoms with Gasteiger partial charge in [-0.3, -0.25) is 9.59 Å². The zero-order chi connectivity index (χ0) is 67.4. The van der Waals surface area contributed by atoms with Crippen LogP contribution in [0.5, 0.6) is 0 Å². The molecule has 0 aromatic heterocycles. The Morgan fingerprint density at radius 1 is 0.641 bits per heavy atom. The van der Waals surface area contributed by atoms with Gasteiger partial charge in [0.1, 0.15) is 67.1 Å². The maximum atomic E-state index is 14.0. The van der Waals surface area contributed by atoms with Crippen LogP contribution in [0, 0.1) is 0 Å². The molecular formula is C68H119N3O21. The van der Waals surface area contributed by atoms with Crippen molar-refractivity contribution < 1.29 is 104 Å². The number of aliphatic carboxylic acids is 1. The molecule has 3 aliphatic heterocycles. The average Bonchev–Trinajstić information content (AvgIpc) is 0.793. The molecule has 92 heavy (non-hydrogen) atoms. The molecule has 3 saturated heterocycles. The minimum absolute atomic E-state index is 0.171. The fourth-order valence-corrected chi connectivity index (χ4v) is 12.4. The van der Waals surface area contributed by atoms with E-state index >= 15 is 0 Å². The highest BCUT2D eigenvalue weighted by atomic mass is 16.8. The smallest absolute Gasteiger partial charge is 0.364 e. The van der Waals surface area contributed by atoms with Gasteiger partial charge in [-0.05, 0) is 30.9 Å². The van der Waals surface area contributed by atoms with E-state index in [0.29, 0.717) is 6.42 Å². The number of carboxylic acid groups (broad SMARTS) is 1. The zero-order valence-electron chi connectivity index (χ0n) is 55.5. The van der Waals surface area contributed by atoms with Gasteiger partial charge in [-0.25, -0.2) is 4.79 Å². The van der Waals surface area contributed by atoms with E-state index in [9.17, 15) is 75.7 Å². The number of aliphatic hydroxyl groups excluding tert-OH is 11. The number of nitrogens with zero attached hydrogens (tertiary/aromatic N) is 1. The number of hydrogen-bond acceptors (Lipinski definition) is 21. The summed E-state index contributed by atoms with van der Waals surface area (Å²) in [4.78, 5) is 41.5. The van der Waals surface area contributed by atoms with E-state index in [0.717, 1.165) is 121 Å². The van der Waals surface area contributed by atoms with Crippen LogP contribution in [-0.4, -0.2) is 233 Å². The van der Waals surface area contributed by atoms with Gasteiger partial charge in [-0.2, -0.15) is 0 Å². The SMILES string of the molecule is CCCCCCCCCCCCCCCCCC(=O)N[C@@H](CO[C@@H]1O[C@H](CO)[C@@H](O[C@@H]2O[C@H](CO)[C@H](O)[C@H](OC3(C(=O)O)C[C@H](O)[C@@H](NC(C)=O)[C@H](C(O)[C@H](O)CO)O3)[C@H]2O)[C@H](O)[C@H]1O)[C@H](O)/C=C(/c1ccccc1)N(CCCCCCCC)CCCCCCCC. The summed E-state index contributed by atoms with van der Waals surface area (Å²) in [6, 6.07) is 7.02. The topological polar surface area (TPSA) is 377 Å². The van der Waals surface area contributed by atoms with Crippen LogP contribution in [0.1, 0.15) is 219 Å². The summed E-state index contributed by atoms with van der Waals surface area (Å²) in [5, 5.41) is 138. The van der Waals surface area contributed by atoms with Crippen molar-refractivity contribution in [2.75, 3.05) is 39.5 Å². The largest absolute Gasteiger partial charge is 0.477 e. The van der Waals surface area contributed by atoms with Gasteiger partial charge < -0.3 is 105 Å². The Kier molecular flexibility index (Phi) is 39.7. The lowest BCUT2D eigenvalue weighted by Crippen LogP contribution is -2.70. The minimum atomic E-state index is -3.10. The Morgan fingerprint density at radius 3 is 1.63 bits per heavy atom. The first kappa shape index (κ1) is 80.9. The lowest BCUT2D eigenvalue weighted by Gasteiger charge is -2.50. The summed E-state index contributed by atoms with van der Waals surface area (Å²) in [6.07, 6.45) is 2.49. The van der Waals surface area contributed by atoms with E-state index in [2.05, 4.69) is 36.3 Å². The van der Waals surface area contributed by atoms with E-state index in [-0.39, 0.29) is 12.3 Å². The molecule has 0 aliphatic carbocycles. The maximum Gasteiger partial charge on any atom is 0.364 e. The predicted molar refractivity (Wildman–Crippen MR) is 344 cm³/mol. The van der Waals surface area contributed by atoms with Crippen LogP contribution in [0.3, 0.4) is 0 Å². The monoisotopic (exact) mass is 1310 g/mol. The van der Waals surface area contributed by atoms with Crippen LogP contribution < -0.4 is 10.6 Å². The van der Waals surface area contributed by atoms with Crippen molar-refractivity contribution in [3.05, 3.63) is 42.0 Å². The van der Waals surface area contributed by atoms with Crippen molar-refractivity contribution in [2.24, 2.45) is 0 Å². The van der Waals surface area contributed by atoms with E-state index < -0.39 is 155 Å². The van der Waals surface area contributed by atoms with Gasteiger partial charge in [0.05, 0.1) is 50.7 Å². The Labute approximate surface area is 546 Å². The molecule has 3 aliphatic rings. The molecule has 1 aromatic rings. The van der Waals surface area contributed by atoms with Gasteiger partial charge in [0, 0.05) is 38.6 Å². The van der Waals surface area contributed by atoms with Crippen molar-refractivity contribution in [3.63, 3.8) is 0 Å². The third kappa shape index (κ3) is 26.8. The third-order valence-corrected chi connectivity index (χ3v) is 18.0. The van der Waals surface area contributed by atoms with Crippen LogP contribution in [0.15, 0.2) is 36.4 Å². The second-order valence-corrected chi connectivity index (χ2v) is 25.6. The Balaban J connectivity index is 1.56. The predicted octanol–water partition coefficient (Wildman–Crippen LogP) is 4.97. The van der Waals surface area contributed by atoms with Gasteiger partial charge in [0.25, 0.3) is 5.79 Å². The first-order valence-corrected chi connectivity index (χ1v) is 34.8. The highest BCUT2D eigenvalue weighted by Crippen LogP contribution is 2.39. The fraction of sp³-hybridized carbons (Fsp3) is 0.838. The second-order valence-electron chi connectivity index (χ2n) is 25.6. The number of aliphatic hydroxyl groups is 11. The lowest BCUT2D eigenvalue weighted by molar-refractivity contribution is -0.386. The molecule has 532 valence electrons. The molecule has 0 saturated carbocycles. The number of rotatable bonds is 49. The van der Waals surface area contributed by atoms with Crippen LogP contribution in [0.2, 0.25) is 0 Å². The van der Waals surface area contributed by atoms with Gasteiger partial charge in [-0.1, -0.05) is 205 Å². The number of benzene rings is 1. The lowest BCUT2D eigenvalue weighted by atomic mass is 9.88. The molecule has 2 amide bonds. The van der Waals surface area contributed by atoms with Crippen molar-refractivity contribution in [1.29, 1.82) is 0 Å². The molecule has 3 fully saturated rings. The Morgan fingerprint density at radius 2 is 1.14 bits per heavy atom. The second kappa shape index (κ2) is 45.1. The minimum Gasteiger partial charge on any atom is -0.477 e. The van der Waals surface area contributed by atoms with Gasteiger partial charge in [0.2, 0.25) is 11.8 Å². The van der Waals surface area contributed by atoms with E-state index in [1.807, 2.05) is 30.3 Å².